The van der Waals surface area contributed by atoms with Gasteiger partial charge in [-0.25, -0.2) is 4.98 Å². The van der Waals surface area contributed by atoms with Crippen LogP contribution in [0.5, 0.6) is 5.75 Å². The molecule has 1 aromatic heterocycles. The number of carbonyl (C=O) groups is 1. The summed E-state index contributed by atoms with van der Waals surface area (Å²) in [6.45, 7) is 6.23. The van der Waals surface area contributed by atoms with Gasteiger partial charge in [0.25, 0.3) is 0 Å². The van der Waals surface area contributed by atoms with E-state index in [1.807, 2.05) is 47.4 Å². The highest BCUT2D eigenvalue weighted by atomic mass is 35.5. The lowest BCUT2D eigenvalue weighted by molar-refractivity contribution is -0.117. The van der Waals surface area contributed by atoms with Crippen molar-refractivity contribution in [3.8, 4) is 5.75 Å². The third kappa shape index (κ3) is 5.06. The van der Waals surface area contributed by atoms with Crippen LogP contribution in [0.15, 0.2) is 66.7 Å². The lowest BCUT2D eigenvalue weighted by Crippen LogP contribution is -2.24. The molecule has 1 unspecified atom stereocenters. The molecule has 1 amide bonds. The number of fused-ring (bicyclic) bond motifs is 1. The van der Waals surface area contributed by atoms with Crippen molar-refractivity contribution in [2.75, 3.05) is 18.1 Å². The van der Waals surface area contributed by atoms with Gasteiger partial charge in [0.05, 0.1) is 22.7 Å². The first-order valence-corrected chi connectivity index (χ1v) is 12.6. The third-order valence-corrected chi connectivity index (χ3v) is 6.87. The molecule has 1 aliphatic rings. The maximum atomic E-state index is 13.0. The van der Waals surface area contributed by atoms with Gasteiger partial charge in [-0.15, -0.1) is 0 Å². The van der Waals surface area contributed by atoms with E-state index in [-0.39, 0.29) is 11.8 Å². The van der Waals surface area contributed by atoms with E-state index < -0.39 is 0 Å². The van der Waals surface area contributed by atoms with Crippen LogP contribution in [0.2, 0.25) is 5.02 Å². The lowest BCUT2D eigenvalue weighted by atomic mass is 10.1. The average molecular weight is 488 g/mol. The van der Waals surface area contributed by atoms with Crippen molar-refractivity contribution < 1.29 is 9.53 Å². The highest BCUT2D eigenvalue weighted by Crippen LogP contribution is 2.34. The first-order chi connectivity index (χ1) is 17.0. The van der Waals surface area contributed by atoms with Crippen molar-refractivity contribution in [2.24, 2.45) is 0 Å². The first kappa shape index (κ1) is 23.4. The minimum atomic E-state index is 0.0649. The van der Waals surface area contributed by atoms with Gasteiger partial charge in [-0.3, -0.25) is 4.79 Å². The number of amides is 1. The minimum absolute atomic E-state index is 0.0649. The van der Waals surface area contributed by atoms with Crippen LogP contribution in [-0.2, 0) is 11.3 Å². The molecule has 6 heteroatoms. The van der Waals surface area contributed by atoms with E-state index >= 15 is 0 Å². The topological polar surface area (TPSA) is 47.4 Å². The molecule has 0 N–H and O–H groups in total. The Hall–Kier alpha value is -3.31. The molecule has 1 atom stereocenters. The van der Waals surface area contributed by atoms with Gasteiger partial charge in [-0.05, 0) is 74.2 Å². The molecule has 1 fully saturated rings. The fourth-order valence-corrected chi connectivity index (χ4v) is 5.18. The van der Waals surface area contributed by atoms with E-state index in [4.69, 9.17) is 21.3 Å². The van der Waals surface area contributed by atoms with Crippen molar-refractivity contribution >= 4 is 34.2 Å². The number of aromatic nitrogens is 2. The zero-order chi connectivity index (χ0) is 24.4. The Balaban J connectivity index is 1.31. The third-order valence-electron chi connectivity index (χ3n) is 6.56. The Labute approximate surface area is 211 Å². The minimum Gasteiger partial charge on any atom is -0.492 e. The number of benzene rings is 3. The maximum absolute atomic E-state index is 13.0. The number of halogens is 1. The number of unbranched alkanes of at least 4 members (excludes halogenated alkanes) is 1. The Morgan fingerprint density at radius 1 is 1.00 bits per heavy atom. The number of anilines is 1. The SMILES string of the molecule is Cc1cc(C)cc(N2CC(c3nc4ccccc4n3CCCCOc3ccccc3Cl)CC2=O)c1. The molecule has 0 radical (unpaired) electrons. The summed E-state index contributed by atoms with van der Waals surface area (Å²) in [7, 11) is 0. The molecule has 35 heavy (non-hydrogen) atoms. The van der Waals surface area contributed by atoms with E-state index in [9.17, 15) is 4.79 Å². The maximum Gasteiger partial charge on any atom is 0.227 e. The van der Waals surface area contributed by atoms with Crippen LogP contribution in [0.25, 0.3) is 11.0 Å². The highest BCUT2D eigenvalue weighted by molar-refractivity contribution is 6.32. The molecule has 0 spiro atoms. The summed E-state index contributed by atoms with van der Waals surface area (Å²) in [5, 5.41) is 0.634. The molecule has 1 aliphatic heterocycles. The predicted octanol–water partition coefficient (Wildman–Crippen LogP) is 6.69. The van der Waals surface area contributed by atoms with E-state index in [1.165, 1.54) is 11.1 Å². The zero-order valence-corrected chi connectivity index (χ0v) is 21.0. The summed E-state index contributed by atoms with van der Waals surface area (Å²) in [6, 6.07) is 22.1. The second-order valence-corrected chi connectivity index (χ2v) is 9.75. The van der Waals surface area contributed by atoms with Crippen LogP contribution in [-0.4, -0.2) is 28.6 Å². The Morgan fingerprint density at radius 2 is 1.74 bits per heavy atom. The number of nitrogens with zero attached hydrogens (tertiary/aromatic N) is 3. The van der Waals surface area contributed by atoms with Crippen LogP contribution in [0.4, 0.5) is 5.69 Å². The molecule has 0 bridgehead atoms. The average Bonchev–Trinajstić information content (AvgIpc) is 3.40. The summed E-state index contributed by atoms with van der Waals surface area (Å²) >= 11 is 6.19. The van der Waals surface area contributed by atoms with Crippen LogP contribution in [0.3, 0.4) is 0 Å². The number of hydrogen-bond acceptors (Lipinski definition) is 3. The standard InChI is InChI=1S/C29H30ClN3O2/c1-20-15-21(2)17-23(16-20)33-19-22(18-28(33)34)29-31-25-10-4-5-11-26(25)32(29)13-7-8-14-35-27-12-6-3-9-24(27)30/h3-6,9-12,15-17,22H,7-8,13-14,18-19H2,1-2H3. The largest absolute Gasteiger partial charge is 0.492 e. The van der Waals surface area contributed by atoms with Crippen LogP contribution in [0.1, 0.15) is 42.1 Å². The van der Waals surface area contributed by atoms with Gasteiger partial charge in [0.2, 0.25) is 5.91 Å². The normalized spacial score (nSPS) is 15.8. The summed E-state index contributed by atoms with van der Waals surface area (Å²) in [4.78, 5) is 19.9. The lowest BCUT2D eigenvalue weighted by Gasteiger charge is -2.19. The van der Waals surface area contributed by atoms with E-state index in [0.29, 0.717) is 24.6 Å². The van der Waals surface area contributed by atoms with E-state index in [1.54, 1.807) is 0 Å². The summed E-state index contributed by atoms with van der Waals surface area (Å²) in [5.41, 5.74) is 5.42. The quantitative estimate of drug-likeness (QED) is 0.260. The Morgan fingerprint density at radius 3 is 2.54 bits per heavy atom. The number of para-hydroxylation sites is 3. The van der Waals surface area contributed by atoms with Gasteiger partial charge < -0.3 is 14.2 Å². The molecule has 180 valence electrons. The predicted molar refractivity (Wildman–Crippen MR) is 142 cm³/mol. The van der Waals surface area contributed by atoms with Crippen molar-refractivity contribution in [1.82, 2.24) is 9.55 Å². The number of hydrogen-bond donors (Lipinski definition) is 0. The smallest absolute Gasteiger partial charge is 0.227 e. The highest BCUT2D eigenvalue weighted by Gasteiger charge is 2.35. The van der Waals surface area contributed by atoms with Gasteiger partial charge in [0.1, 0.15) is 11.6 Å². The molecule has 5 nitrogen and oxygen atoms in total. The van der Waals surface area contributed by atoms with Gasteiger partial charge in [-0.2, -0.15) is 0 Å². The first-order valence-electron chi connectivity index (χ1n) is 12.2. The van der Waals surface area contributed by atoms with Gasteiger partial charge >= 0.3 is 0 Å². The van der Waals surface area contributed by atoms with Crippen LogP contribution in [0, 0.1) is 13.8 Å². The van der Waals surface area contributed by atoms with Crippen LogP contribution < -0.4 is 9.64 Å². The number of aryl methyl sites for hydroxylation is 3. The van der Waals surface area contributed by atoms with Gasteiger partial charge in [-0.1, -0.05) is 41.9 Å². The molecular formula is C29H30ClN3O2. The second kappa shape index (κ2) is 10.1. The molecule has 0 aliphatic carbocycles. The second-order valence-electron chi connectivity index (χ2n) is 9.35. The fourth-order valence-electron chi connectivity index (χ4n) is 4.99. The number of imidazole rings is 1. The van der Waals surface area contributed by atoms with Gasteiger partial charge in [0.15, 0.2) is 0 Å². The summed E-state index contributed by atoms with van der Waals surface area (Å²) in [5.74, 6) is 1.94. The number of carbonyl (C=O) groups excluding carboxylic acids is 1. The Kier molecular flexibility index (Phi) is 6.78. The van der Waals surface area contributed by atoms with E-state index in [2.05, 4.69) is 42.7 Å². The number of ether oxygens (including phenoxy) is 1. The van der Waals surface area contributed by atoms with Crippen molar-refractivity contribution in [3.05, 3.63) is 88.7 Å². The van der Waals surface area contributed by atoms with Gasteiger partial charge in [0, 0.05) is 31.1 Å². The molecule has 4 aromatic rings. The molecular weight excluding hydrogens is 458 g/mol. The van der Waals surface area contributed by atoms with Crippen molar-refractivity contribution in [2.45, 2.75) is 45.6 Å². The monoisotopic (exact) mass is 487 g/mol. The molecule has 0 saturated carbocycles. The van der Waals surface area contributed by atoms with E-state index in [0.717, 1.165) is 47.7 Å². The molecule has 2 heterocycles. The van der Waals surface area contributed by atoms with Crippen molar-refractivity contribution in [1.29, 1.82) is 0 Å². The Bertz CT molecular complexity index is 1340. The van der Waals surface area contributed by atoms with Crippen molar-refractivity contribution in [3.63, 3.8) is 0 Å². The fraction of sp³-hybridized carbons (Fsp3) is 0.310. The molecule has 5 rings (SSSR count). The summed E-state index contributed by atoms with van der Waals surface area (Å²) < 4.78 is 8.16. The number of rotatable bonds is 8. The molecule has 1 saturated heterocycles. The zero-order valence-electron chi connectivity index (χ0n) is 20.2. The van der Waals surface area contributed by atoms with Crippen LogP contribution >= 0.6 is 11.6 Å². The summed E-state index contributed by atoms with van der Waals surface area (Å²) in [6.07, 6.45) is 2.32. The molecule has 3 aromatic carbocycles.